The highest BCUT2D eigenvalue weighted by Gasteiger charge is 2.49. The Kier molecular flexibility index (Phi) is 5.41. The summed E-state index contributed by atoms with van der Waals surface area (Å²) in [7, 11) is 0. The van der Waals surface area contributed by atoms with Gasteiger partial charge in [-0.25, -0.2) is 0 Å². The van der Waals surface area contributed by atoms with Crippen molar-refractivity contribution in [3.05, 3.63) is 35.9 Å². The molecule has 0 amide bonds. The number of benzene rings is 1. The van der Waals surface area contributed by atoms with Gasteiger partial charge in [-0.2, -0.15) is 0 Å². The van der Waals surface area contributed by atoms with Crippen LogP contribution >= 0.6 is 0 Å². The lowest BCUT2D eigenvalue weighted by Crippen LogP contribution is -2.46. The number of fused-ring (bicyclic) bond motifs is 1. The minimum Gasteiger partial charge on any atom is -0.396 e. The summed E-state index contributed by atoms with van der Waals surface area (Å²) < 4.78 is 5.71. The van der Waals surface area contributed by atoms with Crippen molar-refractivity contribution in [1.82, 2.24) is 9.80 Å². The van der Waals surface area contributed by atoms with Crippen LogP contribution in [0.2, 0.25) is 0 Å². The Morgan fingerprint density at radius 2 is 1.92 bits per heavy atom. The second-order valence-electron chi connectivity index (χ2n) is 8.30. The van der Waals surface area contributed by atoms with E-state index >= 15 is 0 Å². The molecule has 0 radical (unpaired) electrons. The van der Waals surface area contributed by atoms with E-state index in [-0.39, 0.29) is 12.0 Å². The summed E-state index contributed by atoms with van der Waals surface area (Å²) in [6.07, 6.45) is 4.81. The number of aliphatic hydroxyl groups is 1. The lowest BCUT2D eigenvalue weighted by molar-refractivity contribution is -0.0568. The molecule has 2 atom stereocenters. The highest BCUT2D eigenvalue weighted by Crippen LogP contribution is 2.42. The van der Waals surface area contributed by atoms with Crippen LogP contribution in [0.25, 0.3) is 0 Å². The Hall–Kier alpha value is -0.940. The Morgan fingerprint density at radius 1 is 1.12 bits per heavy atom. The van der Waals surface area contributed by atoms with Crippen LogP contribution < -0.4 is 0 Å². The van der Waals surface area contributed by atoms with Crippen molar-refractivity contribution in [2.75, 3.05) is 52.5 Å². The third-order valence-electron chi connectivity index (χ3n) is 6.79. The second kappa shape index (κ2) is 7.75. The van der Waals surface area contributed by atoms with E-state index in [0.717, 1.165) is 32.6 Å². The normalized spacial score (nSPS) is 32.0. The van der Waals surface area contributed by atoms with Crippen LogP contribution in [0.1, 0.15) is 24.8 Å². The molecule has 4 nitrogen and oxygen atoms in total. The van der Waals surface area contributed by atoms with Crippen LogP contribution in [0.5, 0.6) is 0 Å². The number of nitrogens with zero attached hydrogens (tertiary/aromatic N) is 2. The largest absolute Gasteiger partial charge is 0.396 e. The molecule has 0 aliphatic carbocycles. The fourth-order valence-corrected chi connectivity index (χ4v) is 5.08. The molecule has 1 N–H and O–H groups in total. The summed E-state index contributed by atoms with van der Waals surface area (Å²) in [5.74, 6) is 0.627. The molecule has 3 fully saturated rings. The average molecular weight is 344 g/mol. The smallest absolute Gasteiger partial charge is 0.0559 e. The SMILES string of the molecule is OC[C@]12COCC[C@H]1CN(C1CCN(CCc3ccccc3)CC1)C2. The molecule has 138 valence electrons. The number of hydrogen-bond acceptors (Lipinski definition) is 4. The van der Waals surface area contributed by atoms with Crippen LogP contribution in [0.4, 0.5) is 0 Å². The zero-order valence-electron chi connectivity index (χ0n) is 15.3. The molecule has 3 saturated heterocycles. The molecule has 4 rings (SSSR count). The van der Waals surface area contributed by atoms with Gasteiger partial charge in [-0.05, 0) is 50.3 Å². The van der Waals surface area contributed by atoms with Gasteiger partial charge in [0, 0.05) is 37.7 Å². The first-order valence-electron chi connectivity index (χ1n) is 9.98. The first kappa shape index (κ1) is 17.5. The molecule has 0 unspecified atom stereocenters. The minimum absolute atomic E-state index is 0.0166. The van der Waals surface area contributed by atoms with E-state index in [1.807, 2.05) is 0 Å². The monoisotopic (exact) mass is 344 g/mol. The number of aliphatic hydroxyl groups excluding tert-OH is 1. The molecular formula is C21H32N2O2. The van der Waals surface area contributed by atoms with Gasteiger partial charge in [-0.3, -0.25) is 4.90 Å². The summed E-state index contributed by atoms with van der Waals surface area (Å²) >= 11 is 0. The Morgan fingerprint density at radius 3 is 2.64 bits per heavy atom. The van der Waals surface area contributed by atoms with Crippen molar-refractivity contribution >= 4 is 0 Å². The molecule has 0 spiro atoms. The van der Waals surface area contributed by atoms with Gasteiger partial charge in [0.15, 0.2) is 0 Å². The lowest BCUT2D eigenvalue weighted by Gasteiger charge is -2.38. The first-order chi connectivity index (χ1) is 12.3. The summed E-state index contributed by atoms with van der Waals surface area (Å²) in [6.45, 7) is 7.70. The van der Waals surface area contributed by atoms with Crippen molar-refractivity contribution in [3.63, 3.8) is 0 Å². The van der Waals surface area contributed by atoms with E-state index in [2.05, 4.69) is 40.1 Å². The van der Waals surface area contributed by atoms with Gasteiger partial charge in [0.25, 0.3) is 0 Å². The van der Waals surface area contributed by atoms with E-state index in [1.165, 1.54) is 44.6 Å². The molecule has 0 aromatic heterocycles. The standard InChI is InChI=1S/C21H32N2O2/c24-16-21-15-23(14-19(21)9-13-25-17-21)20-7-11-22(12-8-20)10-6-18-4-2-1-3-5-18/h1-5,19-20,24H,6-17H2/t19-,21+/m0/s1. The van der Waals surface area contributed by atoms with E-state index in [0.29, 0.717) is 12.0 Å². The van der Waals surface area contributed by atoms with Gasteiger partial charge in [-0.15, -0.1) is 0 Å². The third kappa shape index (κ3) is 3.77. The summed E-state index contributed by atoms with van der Waals surface area (Å²) in [4.78, 5) is 5.29. The highest BCUT2D eigenvalue weighted by atomic mass is 16.5. The molecular weight excluding hydrogens is 312 g/mol. The minimum atomic E-state index is 0.0166. The van der Waals surface area contributed by atoms with Gasteiger partial charge >= 0.3 is 0 Å². The van der Waals surface area contributed by atoms with Crippen LogP contribution in [0.3, 0.4) is 0 Å². The molecule has 25 heavy (non-hydrogen) atoms. The van der Waals surface area contributed by atoms with Crippen LogP contribution in [-0.2, 0) is 11.2 Å². The third-order valence-corrected chi connectivity index (χ3v) is 6.79. The molecule has 3 aliphatic rings. The number of piperidine rings is 1. The number of likely N-dealkylation sites (tertiary alicyclic amines) is 2. The molecule has 0 bridgehead atoms. The molecule has 3 heterocycles. The van der Waals surface area contributed by atoms with Gasteiger partial charge in [0.05, 0.1) is 13.2 Å². The van der Waals surface area contributed by atoms with Gasteiger partial charge in [0.2, 0.25) is 0 Å². The second-order valence-corrected chi connectivity index (χ2v) is 8.30. The summed E-state index contributed by atoms with van der Waals surface area (Å²) in [6, 6.07) is 11.5. The van der Waals surface area contributed by atoms with Crippen molar-refractivity contribution in [3.8, 4) is 0 Å². The topological polar surface area (TPSA) is 35.9 Å². The maximum atomic E-state index is 9.97. The zero-order valence-corrected chi connectivity index (χ0v) is 15.3. The zero-order chi connectivity index (χ0) is 17.1. The first-order valence-corrected chi connectivity index (χ1v) is 9.98. The predicted molar refractivity (Wildman–Crippen MR) is 99.6 cm³/mol. The van der Waals surface area contributed by atoms with Crippen molar-refractivity contribution in [2.45, 2.75) is 31.7 Å². The molecule has 1 aromatic rings. The number of ether oxygens (including phenoxy) is 1. The maximum absolute atomic E-state index is 9.97. The van der Waals surface area contributed by atoms with Crippen LogP contribution in [0, 0.1) is 11.3 Å². The van der Waals surface area contributed by atoms with Crippen molar-refractivity contribution in [2.24, 2.45) is 11.3 Å². The van der Waals surface area contributed by atoms with Crippen molar-refractivity contribution in [1.29, 1.82) is 0 Å². The van der Waals surface area contributed by atoms with Crippen LogP contribution in [0.15, 0.2) is 30.3 Å². The molecule has 4 heteroatoms. The molecule has 0 saturated carbocycles. The Balaban J connectivity index is 1.26. The molecule has 3 aliphatic heterocycles. The maximum Gasteiger partial charge on any atom is 0.0559 e. The van der Waals surface area contributed by atoms with Crippen molar-refractivity contribution < 1.29 is 9.84 Å². The lowest BCUT2D eigenvalue weighted by atomic mass is 9.76. The quantitative estimate of drug-likeness (QED) is 0.887. The van der Waals surface area contributed by atoms with Crippen LogP contribution in [-0.4, -0.2) is 73.5 Å². The number of hydrogen-bond donors (Lipinski definition) is 1. The number of rotatable bonds is 5. The Labute approximate surface area is 151 Å². The fourth-order valence-electron chi connectivity index (χ4n) is 5.08. The van der Waals surface area contributed by atoms with Gasteiger partial charge in [-0.1, -0.05) is 30.3 Å². The summed E-state index contributed by atoms with van der Waals surface area (Å²) in [5, 5.41) is 9.97. The van der Waals surface area contributed by atoms with E-state index in [1.54, 1.807) is 0 Å². The predicted octanol–water partition coefficient (Wildman–Crippen LogP) is 2.02. The Bertz CT molecular complexity index is 544. The molecule has 1 aromatic carbocycles. The highest BCUT2D eigenvalue weighted by molar-refractivity contribution is 5.14. The van der Waals surface area contributed by atoms with E-state index in [9.17, 15) is 5.11 Å². The van der Waals surface area contributed by atoms with E-state index < -0.39 is 0 Å². The average Bonchev–Trinajstić information content (AvgIpc) is 3.08. The van der Waals surface area contributed by atoms with E-state index in [4.69, 9.17) is 4.74 Å². The summed E-state index contributed by atoms with van der Waals surface area (Å²) in [5.41, 5.74) is 1.46. The van der Waals surface area contributed by atoms with Gasteiger partial charge in [0.1, 0.15) is 0 Å². The van der Waals surface area contributed by atoms with Gasteiger partial charge < -0.3 is 14.7 Å². The fraction of sp³-hybridized carbons (Fsp3) is 0.714.